The summed E-state index contributed by atoms with van der Waals surface area (Å²) >= 11 is 0. The summed E-state index contributed by atoms with van der Waals surface area (Å²) in [4.78, 5) is 112. The Kier molecular flexibility index (Phi) is 58.8. The molecular formula is C79H150N2O24P2. The Labute approximate surface area is 642 Å². The van der Waals surface area contributed by atoms with Crippen LogP contribution >= 0.6 is 15.6 Å². The third-order valence-corrected chi connectivity index (χ3v) is 21.3. The summed E-state index contributed by atoms with van der Waals surface area (Å²) < 4.78 is 72.4. The van der Waals surface area contributed by atoms with Crippen molar-refractivity contribution in [3.8, 4) is 0 Å². The van der Waals surface area contributed by atoms with Crippen molar-refractivity contribution in [1.29, 1.82) is 0 Å². The molecule has 2 aliphatic rings. The number of phosphoric ester groups is 2. The van der Waals surface area contributed by atoms with E-state index in [9.17, 15) is 78.2 Å². The van der Waals surface area contributed by atoms with E-state index in [4.69, 9.17) is 37.5 Å². The predicted octanol–water partition coefficient (Wildman–Crippen LogP) is 15.0. The molecule has 14 atom stereocenters. The van der Waals surface area contributed by atoms with Gasteiger partial charge in [-0.05, 0) is 38.5 Å². The summed E-state index contributed by atoms with van der Waals surface area (Å²) in [6, 6.07) is -3.81. The molecule has 2 fully saturated rings. The van der Waals surface area contributed by atoms with Crippen LogP contribution in [0.5, 0.6) is 0 Å². The van der Waals surface area contributed by atoms with Gasteiger partial charge in [0.2, 0.25) is 11.8 Å². The van der Waals surface area contributed by atoms with Gasteiger partial charge >= 0.3 is 33.6 Å². The number of unbranched alkanes of at least 4 members (excludes halogenated alkanes) is 39. The summed E-state index contributed by atoms with van der Waals surface area (Å²) in [5, 5.41) is 62.1. The Morgan fingerprint density at radius 1 is 0.383 bits per heavy atom. The minimum atomic E-state index is -5.67. The normalized spacial score (nSPS) is 21.7. The summed E-state index contributed by atoms with van der Waals surface area (Å²) in [6.07, 6.45) is 21.5. The minimum Gasteiger partial charge on any atom is -0.462 e. The lowest BCUT2D eigenvalue weighted by molar-refractivity contribution is -0.296. The van der Waals surface area contributed by atoms with E-state index >= 15 is 0 Å². The third kappa shape index (κ3) is 50.9. The zero-order valence-corrected chi connectivity index (χ0v) is 68.3. The lowest BCUT2D eigenvalue weighted by atomic mass is 9.95. The van der Waals surface area contributed by atoms with Gasteiger partial charge in [0.1, 0.15) is 42.6 Å². The molecule has 2 aliphatic heterocycles. The zero-order valence-electron chi connectivity index (χ0n) is 66.5. The fourth-order valence-corrected chi connectivity index (χ4v) is 15.2. The van der Waals surface area contributed by atoms with Crippen LogP contribution in [-0.4, -0.2) is 174 Å². The van der Waals surface area contributed by atoms with E-state index in [2.05, 4.69) is 45.3 Å². The molecule has 0 aliphatic carbocycles. The first-order valence-corrected chi connectivity index (χ1v) is 45.3. The number of carbonyl (C=O) groups excluding carboxylic acids is 5. The van der Waals surface area contributed by atoms with Crippen LogP contribution in [0.25, 0.3) is 0 Å². The number of hydrogen-bond acceptors (Lipinski definition) is 20. The highest BCUT2D eigenvalue weighted by atomic mass is 31.2. The molecule has 11 N–H and O–H groups in total. The zero-order chi connectivity index (χ0) is 78.9. The molecule has 14 unspecified atom stereocenters. The van der Waals surface area contributed by atoms with Gasteiger partial charge in [-0.15, -0.1) is 0 Å². The number of phosphoric acid groups is 2. The second kappa shape index (κ2) is 62.7. The molecule has 0 aromatic heterocycles. The van der Waals surface area contributed by atoms with Gasteiger partial charge in [0.15, 0.2) is 24.8 Å². The molecule has 0 bridgehead atoms. The Bertz CT molecular complexity index is 2360. The summed E-state index contributed by atoms with van der Waals surface area (Å²) in [7, 11) is -11.3. The Hall–Kier alpha value is -2.75. The second-order valence-electron chi connectivity index (χ2n) is 30.4. The van der Waals surface area contributed by atoms with Gasteiger partial charge in [0, 0.05) is 6.42 Å². The highest BCUT2D eigenvalue weighted by Crippen LogP contribution is 2.44. The van der Waals surface area contributed by atoms with Crippen molar-refractivity contribution in [2.75, 3.05) is 13.2 Å². The standard InChI is InChI=1S/C79H150N2O24P2/c1-6-11-16-21-26-31-35-40-45-50-61(83)55-67(86)80-73-77(103-71(90)57-63(85)52-47-42-37-33-28-23-18-13-8-3)75(104-106(92,93)94)65(59-82)100-78(73)98-60-66-74(91)76(102-70(89)56-62(84)51-46-41-36-32-27-22-17-12-7-2)72(79(101-66)105-107(95,96)97)81-68(87)58-64(53-48-43-38-34-29-24-19-14-9-4)99-69(88)54-49-44-39-30-25-20-15-10-5/h61-66,72-79,82-85,91H,6-60H2,1-5H3,(H,80,86)(H,81,87)(H2,92,93,94)(H2,95,96,97). The van der Waals surface area contributed by atoms with Crippen LogP contribution in [0.2, 0.25) is 0 Å². The van der Waals surface area contributed by atoms with E-state index in [1.165, 1.54) is 32.1 Å². The Morgan fingerprint density at radius 2 is 0.710 bits per heavy atom. The lowest BCUT2D eigenvalue weighted by Crippen LogP contribution is -2.68. The molecule has 2 heterocycles. The number of carbonyl (C=O) groups is 5. The minimum absolute atomic E-state index is 0.109. The van der Waals surface area contributed by atoms with Crippen molar-refractivity contribution in [2.24, 2.45) is 0 Å². The maximum atomic E-state index is 14.6. The van der Waals surface area contributed by atoms with Crippen LogP contribution in [0.4, 0.5) is 0 Å². The smallest absolute Gasteiger partial charge is 0.462 e. The van der Waals surface area contributed by atoms with Crippen molar-refractivity contribution in [3.63, 3.8) is 0 Å². The Morgan fingerprint density at radius 3 is 1.09 bits per heavy atom. The molecule has 630 valence electrons. The summed E-state index contributed by atoms with van der Waals surface area (Å²) in [6.45, 7) is 8.69. The largest absolute Gasteiger partial charge is 0.472 e. The van der Waals surface area contributed by atoms with E-state index in [1.54, 1.807) is 0 Å². The van der Waals surface area contributed by atoms with Crippen LogP contribution in [0, 0.1) is 0 Å². The van der Waals surface area contributed by atoms with Crippen molar-refractivity contribution >= 4 is 45.4 Å². The molecule has 26 nitrogen and oxygen atoms in total. The molecule has 0 aromatic rings. The fourth-order valence-electron chi connectivity index (χ4n) is 14.1. The molecule has 28 heteroatoms. The summed E-state index contributed by atoms with van der Waals surface area (Å²) in [5.74, 6) is -4.51. The van der Waals surface area contributed by atoms with E-state index in [-0.39, 0.29) is 32.1 Å². The third-order valence-electron chi connectivity index (χ3n) is 20.3. The first-order valence-electron chi connectivity index (χ1n) is 42.3. The maximum Gasteiger partial charge on any atom is 0.472 e. The Balaban J connectivity index is 2.67. The van der Waals surface area contributed by atoms with Gasteiger partial charge < -0.3 is 84.2 Å². The van der Waals surface area contributed by atoms with Gasteiger partial charge in [-0.3, -0.25) is 33.0 Å². The first-order chi connectivity index (χ1) is 51.4. The molecule has 0 radical (unpaired) electrons. The number of nitrogens with one attached hydrogen (secondary N) is 2. The van der Waals surface area contributed by atoms with Gasteiger partial charge in [-0.25, -0.2) is 9.13 Å². The fraction of sp³-hybridized carbons (Fsp3) is 0.937. The number of esters is 3. The SMILES string of the molecule is CCCCCCCCCCCC(O)CC(=O)NC1C(OCC2OC(OP(=O)(O)O)C(NC(=O)CC(CCCCCCCCCCC)OC(=O)CCCCCCCCCC)C(OC(=O)CC(O)CCCCCCCCCCC)C2O)OC(CO)C(OP(=O)(O)O)C1OC(=O)CC(O)CCCCCCCCCCC. The van der Waals surface area contributed by atoms with Crippen LogP contribution in [0.1, 0.15) is 375 Å². The van der Waals surface area contributed by atoms with Crippen LogP contribution in [-0.2, 0) is 70.6 Å². The van der Waals surface area contributed by atoms with Crippen molar-refractivity contribution in [1.82, 2.24) is 10.6 Å². The number of rotatable bonds is 70. The predicted molar refractivity (Wildman–Crippen MR) is 411 cm³/mol. The number of amides is 2. The van der Waals surface area contributed by atoms with Crippen molar-refractivity contribution in [3.05, 3.63) is 0 Å². The molecule has 2 saturated heterocycles. The number of hydrogen-bond donors (Lipinski definition) is 11. The molecular weight excluding hydrogens is 1420 g/mol. The van der Waals surface area contributed by atoms with Crippen LogP contribution < -0.4 is 10.6 Å². The topological polar surface area (TPSA) is 399 Å². The maximum absolute atomic E-state index is 14.6. The van der Waals surface area contributed by atoms with Gasteiger partial charge in [-0.1, -0.05) is 304 Å². The molecule has 2 amide bonds. The van der Waals surface area contributed by atoms with Crippen molar-refractivity contribution in [2.45, 2.75) is 461 Å². The average Bonchev–Trinajstić information content (AvgIpc) is 0.783. The molecule has 0 aromatic carbocycles. The van der Waals surface area contributed by atoms with Gasteiger partial charge in [-0.2, -0.15) is 0 Å². The monoisotopic (exact) mass is 1570 g/mol. The highest BCUT2D eigenvalue weighted by molar-refractivity contribution is 7.46. The summed E-state index contributed by atoms with van der Waals surface area (Å²) in [5.41, 5.74) is 0. The second-order valence-corrected chi connectivity index (χ2v) is 32.8. The molecule has 2 rings (SSSR count). The lowest BCUT2D eigenvalue weighted by Gasteiger charge is -2.47. The van der Waals surface area contributed by atoms with Crippen molar-refractivity contribution < 1.29 is 116 Å². The first kappa shape index (κ1) is 100. The van der Waals surface area contributed by atoms with Crippen LogP contribution in [0.15, 0.2) is 0 Å². The van der Waals surface area contributed by atoms with E-state index in [1.807, 2.05) is 0 Å². The molecule has 0 saturated carbocycles. The van der Waals surface area contributed by atoms with Gasteiger partial charge in [0.25, 0.3) is 0 Å². The molecule has 0 spiro atoms. The highest BCUT2D eigenvalue weighted by Gasteiger charge is 2.55. The van der Waals surface area contributed by atoms with E-state index < -0.39 is 170 Å². The van der Waals surface area contributed by atoms with E-state index in [0.717, 1.165) is 218 Å². The van der Waals surface area contributed by atoms with Crippen LogP contribution in [0.3, 0.4) is 0 Å². The number of aliphatic hydroxyl groups excluding tert-OH is 5. The number of aliphatic hydroxyl groups is 5. The number of ether oxygens (including phenoxy) is 6. The van der Waals surface area contributed by atoms with E-state index in [0.29, 0.717) is 32.1 Å². The van der Waals surface area contributed by atoms with Gasteiger partial charge in [0.05, 0.1) is 57.2 Å². The average molecular weight is 1570 g/mol. The quantitative estimate of drug-likeness (QED) is 0.0117. The molecule has 107 heavy (non-hydrogen) atoms.